The molecule has 2 aromatic rings. The molecule has 3 N–H and O–H groups in total. The lowest BCUT2D eigenvalue weighted by atomic mass is 9.96. The van der Waals surface area contributed by atoms with Crippen molar-refractivity contribution in [2.75, 3.05) is 24.6 Å². The fraction of sp³-hybridized carbons (Fsp3) is 0.391. The van der Waals surface area contributed by atoms with E-state index in [0.29, 0.717) is 17.9 Å². The monoisotopic (exact) mass is 449 g/mol. The van der Waals surface area contributed by atoms with Crippen LogP contribution in [0.3, 0.4) is 0 Å². The number of ether oxygens (including phenoxy) is 1. The van der Waals surface area contributed by atoms with Crippen molar-refractivity contribution in [3.8, 4) is 0 Å². The minimum Gasteiger partial charge on any atom is -0.457 e. The number of anilines is 1. The Kier molecular flexibility index (Phi) is 5.93. The van der Waals surface area contributed by atoms with Gasteiger partial charge in [-0.05, 0) is 55.5 Å². The van der Waals surface area contributed by atoms with Gasteiger partial charge in [-0.3, -0.25) is 4.79 Å². The van der Waals surface area contributed by atoms with Crippen molar-refractivity contribution >= 4 is 23.9 Å². The van der Waals surface area contributed by atoms with E-state index in [1.807, 2.05) is 12.1 Å². The van der Waals surface area contributed by atoms with Crippen molar-refractivity contribution in [2.45, 2.75) is 38.8 Å². The smallest absolute Gasteiger partial charge is 0.338 e. The minimum absolute atomic E-state index is 0.147. The molecule has 0 atom stereocenters. The number of piperidine rings is 1. The van der Waals surface area contributed by atoms with Gasteiger partial charge in [-0.1, -0.05) is 6.07 Å². The molecular formula is C23H27N7O3. The lowest BCUT2D eigenvalue weighted by Gasteiger charge is -2.32. The number of nitrogens with one attached hydrogen (secondary N) is 3. The van der Waals surface area contributed by atoms with Crippen LogP contribution in [0.15, 0.2) is 35.6 Å². The van der Waals surface area contributed by atoms with Crippen molar-refractivity contribution in [1.82, 2.24) is 26.3 Å². The highest BCUT2D eigenvalue weighted by Crippen LogP contribution is 2.26. The Balaban J connectivity index is 1.09. The molecule has 0 bridgehead atoms. The van der Waals surface area contributed by atoms with Crippen LogP contribution in [0.25, 0.3) is 0 Å². The maximum Gasteiger partial charge on any atom is 0.338 e. The fourth-order valence-electron chi connectivity index (χ4n) is 4.50. The Labute approximate surface area is 191 Å². The molecule has 4 heterocycles. The first-order chi connectivity index (χ1) is 16.1. The van der Waals surface area contributed by atoms with E-state index in [1.54, 1.807) is 23.6 Å². The van der Waals surface area contributed by atoms with E-state index in [2.05, 4.69) is 44.4 Å². The molecule has 1 amide bonds. The maximum absolute atomic E-state index is 12.6. The predicted octanol–water partition coefficient (Wildman–Crippen LogP) is 1.27. The molecular weight excluding hydrogens is 422 g/mol. The summed E-state index contributed by atoms with van der Waals surface area (Å²) in [6.07, 6.45) is 5.98. The molecule has 33 heavy (non-hydrogen) atoms. The van der Waals surface area contributed by atoms with E-state index in [9.17, 15) is 9.59 Å². The Hall–Kier alpha value is -3.50. The first kappa shape index (κ1) is 21.4. The average molecular weight is 450 g/mol. The number of likely N-dealkylation sites (tertiary alicyclic amines) is 1. The van der Waals surface area contributed by atoms with Crippen LogP contribution in [-0.4, -0.2) is 53.8 Å². The molecule has 3 aliphatic rings. The number of carbonyl (C=O) groups excluding carboxylic acids is 2. The summed E-state index contributed by atoms with van der Waals surface area (Å²) in [6.45, 7) is 5.30. The van der Waals surface area contributed by atoms with E-state index >= 15 is 0 Å². The third kappa shape index (κ3) is 4.53. The van der Waals surface area contributed by atoms with E-state index in [4.69, 9.17) is 4.74 Å². The first-order valence-electron chi connectivity index (χ1n) is 11.2. The molecule has 10 nitrogen and oxygen atoms in total. The highest BCUT2D eigenvalue weighted by Gasteiger charge is 2.25. The van der Waals surface area contributed by atoms with Crippen molar-refractivity contribution in [2.24, 2.45) is 5.10 Å². The predicted molar refractivity (Wildman–Crippen MR) is 122 cm³/mol. The molecule has 1 saturated heterocycles. The van der Waals surface area contributed by atoms with E-state index in [-0.39, 0.29) is 17.9 Å². The number of hydrazine groups is 2. The van der Waals surface area contributed by atoms with Crippen LogP contribution >= 0.6 is 0 Å². The molecule has 3 aliphatic heterocycles. The molecule has 1 fully saturated rings. The van der Waals surface area contributed by atoms with E-state index < -0.39 is 0 Å². The minimum atomic E-state index is -0.217. The van der Waals surface area contributed by atoms with Crippen molar-refractivity contribution in [1.29, 1.82) is 0 Å². The number of hydrazone groups is 1. The van der Waals surface area contributed by atoms with Crippen LogP contribution in [0.2, 0.25) is 0 Å². The van der Waals surface area contributed by atoms with Gasteiger partial charge in [0.2, 0.25) is 0 Å². The average Bonchev–Trinajstić information content (AvgIpc) is 3.51. The maximum atomic E-state index is 12.6. The SMILES string of the molecule is Cc1c(CCN2CCC(NC(=O)c3ccc(N4C=NNN4)cn3)CC2)ccc2c1COC2=O. The zero-order chi connectivity index (χ0) is 22.8. The van der Waals surface area contributed by atoms with Crippen LogP contribution in [0.4, 0.5) is 5.69 Å². The molecule has 1 aromatic carbocycles. The van der Waals surface area contributed by atoms with Gasteiger partial charge in [-0.15, -0.1) is 5.53 Å². The van der Waals surface area contributed by atoms with Crippen LogP contribution in [0, 0.1) is 6.92 Å². The molecule has 10 heteroatoms. The summed E-state index contributed by atoms with van der Waals surface area (Å²) >= 11 is 0. The molecule has 1 aromatic heterocycles. The summed E-state index contributed by atoms with van der Waals surface area (Å²) in [4.78, 5) is 31.0. The number of fused-ring (bicyclic) bond motifs is 1. The zero-order valence-electron chi connectivity index (χ0n) is 18.5. The fourth-order valence-corrected chi connectivity index (χ4v) is 4.50. The van der Waals surface area contributed by atoms with Gasteiger partial charge in [0.05, 0.1) is 17.4 Å². The van der Waals surface area contributed by atoms with E-state index in [1.165, 1.54) is 11.1 Å². The lowest BCUT2D eigenvalue weighted by Crippen LogP contribution is -2.45. The summed E-state index contributed by atoms with van der Waals surface area (Å²) in [5, 5.41) is 8.63. The summed E-state index contributed by atoms with van der Waals surface area (Å²) < 4.78 is 5.16. The lowest BCUT2D eigenvalue weighted by molar-refractivity contribution is 0.0534. The second-order valence-corrected chi connectivity index (χ2v) is 8.53. The van der Waals surface area contributed by atoms with Gasteiger partial charge in [-0.25, -0.2) is 20.3 Å². The van der Waals surface area contributed by atoms with Gasteiger partial charge >= 0.3 is 5.97 Å². The molecule has 0 saturated carbocycles. The summed E-state index contributed by atoms with van der Waals surface area (Å²) in [5.74, 6) is -0.364. The standard InChI is InChI=1S/C23H27N7O3/c1-15-16(2-4-19-20(15)13-33-23(19)32)6-9-29-10-7-17(8-11-29)26-22(31)21-5-3-18(12-24-21)30-14-25-27-28-30/h2-5,12,14,17,27-28H,6-11,13H2,1H3,(H,26,31). The summed E-state index contributed by atoms with van der Waals surface area (Å²) in [7, 11) is 0. The molecule has 0 aliphatic carbocycles. The van der Waals surface area contributed by atoms with Crippen molar-refractivity contribution in [3.05, 3.63) is 58.4 Å². The number of aromatic nitrogens is 1. The number of hydrogen-bond acceptors (Lipinski definition) is 9. The Bertz CT molecular complexity index is 1080. The highest BCUT2D eigenvalue weighted by atomic mass is 16.5. The summed E-state index contributed by atoms with van der Waals surface area (Å²) in [6, 6.07) is 7.62. The first-order valence-corrected chi connectivity index (χ1v) is 11.2. The van der Waals surface area contributed by atoms with E-state index in [0.717, 1.165) is 50.1 Å². The van der Waals surface area contributed by atoms with Gasteiger partial charge < -0.3 is 15.0 Å². The molecule has 0 radical (unpaired) electrons. The van der Waals surface area contributed by atoms with Gasteiger partial charge in [-0.2, -0.15) is 5.10 Å². The van der Waals surface area contributed by atoms with Crippen LogP contribution in [0.1, 0.15) is 50.4 Å². The number of nitrogens with zero attached hydrogens (tertiary/aromatic N) is 4. The Morgan fingerprint density at radius 2 is 2.09 bits per heavy atom. The Morgan fingerprint density at radius 1 is 1.24 bits per heavy atom. The van der Waals surface area contributed by atoms with Crippen LogP contribution < -0.4 is 21.4 Å². The van der Waals surface area contributed by atoms with Gasteiger partial charge in [0.1, 0.15) is 18.6 Å². The number of rotatable bonds is 6. The second kappa shape index (κ2) is 9.16. The molecule has 0 spiro atoms. The quantitative estimate of drug-likeness (QED) is 0.566. The number of cyclic esters (lactones) is 1. The largest absolute Gasteiger partial charge is 0.457 e. The number of esters is 1. The normalized spacial score (nSPS) is 18.2. The summed E-state index contributed by atoms with van der Waals surface area (Å²) in [5.41, 5.74) is 10.8. The zero-order valence-corrected chi connectivity index (χ0v) is 18.5. The van der Waals surface area contributed by atoms with Crippen molar-refractivity contribution in [3.63, 3.8) is 0 Å². The van der Waals surface area contributed by atoms with Crippen LogP contribution in [-0.2, 0) is 17.8 Å². The Morgan fingerprint density at radius 3 is 2.82 bits per heavy atom. The number of hydrogen-bond donors (Lipinski definition) is 3. The third-order valence-corrected chi connectivity index (χ3v) is 6.57. The van der Waals surface area contributed by atoms with Gasteiger partial charge in [0.15, 0.2) is 0 Å². The highest BCUT2D eigenvalue weighted by molar-refractivity contribution is 5.94. The molecule has 0 unspecified atom stereocenters. The van der Waals surface area contributed by atoms with Gasteiger partial charge in [0, 0.05) is 31.2 Å². The van der Waals surface area contributed by atoms with Crippen molar-refractivity contribution < 1.29 is 14.3 Å². The number of benzene rings is 1. The molecule has 172 valence electrons. The number of pyridine rings is 1. The second-order valence-electron chi connectivity index (χ2n) is 8.53. The third-order valence-electron chi connectivity index (χ3n) is 6.57. The number of carbonyl (C=O) groups is 2. The topological polar surface area (TPSA) is 111 Å². The van der Waals surface area contributed by atoms with Crippen LogP contribution in [0.5, 0.6) is 0 Å². The molecule has 5 rings (SSSR count). The van der Waals surface area contributed by atoms with Gasteiger partial charge in [0.25, 0.3) is 5.91 Å². The number of amides is 1.